The van der Waals surface area contributed by atoms with E-state index < -0.39 is 91.4 Å². The fourth-order valence-electron chi connectivity index (χ4n) is 3.31. The summed E-state index contributed by atoms with van der Waals surface area (Å²) in [6.45, 7) is 14.1. The fourth-order valence-corrected chi connectivity index (χ4v) is 3.31. The van der Waals surface area contributed by atoms with Crippen molar-refractivity contribution in [1.82, 2.24) is 19.9 Å². The molecule has 3 rings (SSSR count). The highest BCUT2D eigenvalue weighted by molar-refractivity contribution is 5.99. The van der Waals surface area contributed by atoms with Gasteiger partial charge >= 0.3 is 24.7 Å². The third-order valence-electron chi connectivity index (χ3n) is 4.72. The van der Waals surface area contributed by atoms with Crippen molar-refractivity contribution >= 4 is 33.5 Å². The number of benzene rings is 1. The zero-order valence-electron chi connectivity index (χ0n) is 18.1. The van der Waals surface area contributed by atoms with Crippen LogP contribution in [0.4, 0.5) is 52.7 Å². The molecule has 2 aromatic heterocycles. The van der Waals surface area contributed by atoms with E-state index in [0.29, 0.717) is 0 Å². The molecule has 0 radical (unpaired) electrons. The molecule has 3 aromatic rings. The first-order valence-electron chi connectivity index (χ1n) is 9.40. The van der Waals surface area contributed by atoms with Gasteiger partial charge in [-0.25, -0.2) is 40.1 Å². The van der Waals surface area contributed by atoms with E-state index in [2.05, 4.69) is 29.6 Å². The zero-order chi connectivity index (χ0) is 30.6. The number of nitriles is 2. The molecule has 0 N–H and O–H groups in total. The van der Waals surface area contributed by atoms with Crippen LogP contribution < -0.4 is 10.4 Å². The Labute approximate surface area is 210 Å². The molecule has 20 heteroatoms. The van der Waals surface area contributed by atoms with Crippen molar-refractivity contribution in [3.05, 3.63) is 56.0 Å². The van der Waals surface area contributed by atoms with Crippen molar-refractivity contribution in [3.8, 4) is 12.1 Å². The maximum Gasteiger partial charge on any atom is 0.435 e. The second kappa shape index (κ2) is 9.20. The first-order valence-corrected chi connectivity index (χ1v) is 9.40. The van der Waals surface area contributed by atoms with Gasteiger partial charge in [-0.05, 0) is 0 Å². The normalized spacial score (nSPS) is 12.4. The SMILES string of the molecule is [C-]#[N+]C(C#N)=c1c2nc(C(F)(F)F)c(C(F)(F)F)nc2c(=C(C#N)[N+]#[C-])c2nc(C(F)(F)F)c(C(F)(F)F)nc12. The van der Waals surface area contributed by atoms with Crippen molar-refractivity contribution in [2.45, 2.75) is 24.7 Å². The highest BCUT2D eigenvalue weighted by Gasteiger charge is 2.48. The molecule has 1 aromatic carbocycles. The van der Waals surface area contributed by atoms with Crippen LogP contribution in [0.25, 0.3) is 43.2 Å². The lowest BCUT2D eigenvalue weighted by Gasteiger charge is -2.18. The number of halogens is 12. The van der Waals surface area contributed by atoms with E-state index in [1.807, 2.05) is 0 Å². The molecule has 0 saturated heterocycles. The topological polar surface area (TPSA) is 108 Å². The first-order chi connectivity index (χ1) is 18.2. The molecule has 0 aliphatic heterocycles. The van der Waals surface area contributed by atoms with E-state index in [4.69, 9.17) is 13.1 Å². The first kappa shape index (κ1) is 29.3. The second-order valence-electron chi connectivity index (χ2n) is 7.12. The standard InChI is InChI=1S/C20F12N8/c1-35-5(3-33)7-9-11(39-15(19(27,28)29)13(37-9)17(21,22)23)8(6(4-34)36-2)12-10(7)38-14(18(24,25)26)16(40-12)20(30,31)32. The number of rotatable bonds is 0. The van der Waals surface area contributed by atoms with Gasteiger partial charge in [0.1, 0.15) is 0 Å². The van der Waals surface area contributed by atoms with Gasteiger partial charge in [-0.2, -0.15) is 52.7 Å². The minimum Gasteiger partial charge on any atom is -0.240 e. The van der Waals surface area contributed by atoms with Crippen LogP contribution in [0.5, 0.6) is 0 Å². The van der Waals surface area contributed by atoms with Gasteiger partial charge in [0.05, 0.1) is 47.3 Å². The minimum atomic E-state index is -5.98. The van der Waals surface area contributed by atoms with Crippen LogP contribution in [0.15, 0.2) is 0 Å². The van der Waals surface area contributed by atoms with Crippen molar-refractivity contribution in [1.29, 1.82) is 10.5 Å². The molecule has 0 amide bonds. The van der Waals surface area contributed by atoms with Crippen molar-refractivity contribution in [2.75, 3.05) is 0 Å². The van der Waals surface area contributed by atoms with Crippen LogP contribution in [0.2, 0.25) is 0 Å². The largest absolute Gasteiger partial charge is 0.435 e. The molecule has 204 valence electrons. The Morgan fingerprint density at radius 1 is 0.500 bits per heavy atom. The fraction of sp³-hybridized carbons (Fsp3) is 0.200. The summed E-state index contributed by atoms with van der Waals surface area (Å²) < 4.78 is 163. The van der Waals surface area contributed by atoms with Crippen molar-refractivity contribution in [3.63, 3.8) is 0 Å². The summed E-state index contributed by atoms with van der Waals surface area (Å²) >= 11 is 0. The Balaban J connectivity index is 3.08. The van der Waals surface area contributed by atoms with E-state index in [9.17, 15) is 63.2 Å². The second-order valence-corrected chi connectivity index (χ2v) is 7.12. The van der Waals surface area contributed by atoms with Crippen LogP contribution in [0.1, 0.15) is 22.8 Å². The number of nitrogens with zero attached hydrogens (tertiary/aromatic N) is 8. The van der Waals surface area contributed by atoms with Gasteiger partial charge in [0, 0.05) is 10.4 Å². The summed E-state index contributed by atoms with van der Waals surface area (Å²) in [5, 5.41) is 15.6. The molecule has 8 nitrogen and oxygen atoms in total. The van der Waals surface area contributed by atoms with Gasteiger partial charge in [0.25, 0.3) is 11.4 Å². The average molecular weight is 580 g/mol. The van der Waals surface area contributed by atoms with Crippen LogP contribution >= 0.6 is 0 Å². The smallest absolute Gasteiger partial charge is 0.240 e. The van der Waals surface area contributed by atoms with E-state index in [1.54, 1.807) is 0 Å². The molecule has 0 aliphatic carbocycles. The van der Waals surface area contributed by atoms with Gasteiger partial charge in [0.15, 0.2) is 22.8 Å². The van der Waals surface area contributed by atoms with Crippen LogP contribution in [0.3, 0.4) is 0 Å². The van der Waals surface area contributed by atoms with Crippen molar-refractivity contribution < 1.29 is 52.7 Å². The van der Waals surface area contributed by atoms with Gasteiger partial charge < -0.3 is 0 Å². The monoisotopic (exact) mass is 580 g/mol. The average Bonchev–Trinajstić information content (AvgIpc) is 2.82. The molecule has 40 heavy (non-hydrogen) atoms. The Morgan fingerprint density at radius 3 is 0.825 bits per heavy atom. The Kier molecular flexibility index (Phi) is 6.74. The molecule has 0 aliphatic rings. The lowest BCUT2D eigenvalue weighted by Crippen LogP contribution is -2.30. The van der Waals surface area contributed by atoms with Gasteiger partial charge in [-0.1, -0.05) is 0 Å². The lowest BCUT2D eigenvalue weighted by atomic mass is 10.1. The van der Waals surface area contributed by atoms with Crippen molar-refractivity contribution in [2.24, 2.45) is 0 Å². The Morgan fingerprint density at radius 2 is 0.700 bits per heavy atom. The highest BCUT2D eigenvalue weighted by atomic mass is 19.4. The Hall–Kier alpha value is -5.24. The third-order valence-corrected chi connectivity index (χ3v) is 4.72. The molecular formula is C20F12N8. The maximum atomic E-state index is 13.6. The number of aromatic nitrogens is 4. The minimum absolute atomic E-state index is 1.02. The predicted molar refractivity (Wildman–Crippen MR) is 103 cm³/mol. The van der Waals surface area contributed by atoms with Crippen LogP contribution in [-0.2, 0) is 24.7 Å². The summed E-state index contributed by atoms with van der Waals surface area (Å²) in [5.74, 6) is 0. The summed E-state index contributed by atoms with van der Waals surface area (Å²) in [6, 6.07) is 2.05. The Bertz CT molecular complexity index is 1620. The molecule has 0 unspecified atom stereocenters. The molecule has 0 spiro atoms. The zero-order valence-corrected chi connectivity index (χ0v) is 18.1. The number of fused-ring (bicyclic) bond motifs is 2. The van der Waals surface area contributed by atoms with Gasteiger partial charge in [-0.15, -0.1) is 0 Å². The van der Waals surface area contributed by atoms with E-state index in [1.165, 1.54) is 0 Å². The number of alkyl halides is 12. The quantitative estimate of drug-likeness (QED) is 0.216. The molecule has 2 heterocycles. The predicted octanol–water partition coefficient (Wildman–Crippen LogP) is 4.75. The lowest BCUT2D eigenvalue weighted by molar-refractivity contribution is -0.167. The third kappa shape index (κ3) is 4.82. The summed E-state index contributed by atoms with van der Waals surface area (Å²) in [4.78, 5) is 16.0. The molecule has 0 atom stereocenters. The number of hydrogen-bond donors (Lipinski definition) is 0. The summed E-state index contributed by atoms with van der Waals surface area (Å²) in [6.07, 6.45) is -23.9. The molecule has 0 fully saturated rings. The van der Waals surface area contributed by atoms with Crippen LogP contribution in [0, 0.1) is 35.8 Å². The highest BCUT2D eigenvalue weighted by Crippen LogP contribution is 2.40. The van der Waals surface area contributed by atoms with E-state index >= 15 is 0 Å². The number of hydrogen-bond acceptors (Lipinski definition) is 6. The summed E-state index contributed by atoms with van der Waals surface area (Å²) in [7, 11) is 0. The molecule has 0 bridgehead atoms. The van der Waals surface area contributed by atoms with Gasteiger partial charge in [-0.3, -0.25) is 0 Å². The van der Waals surface area contributed by atoms with Crippen LogP contribution in [-0.4, -0.2) is 19.9 Å². The maximum absolute atomic E-state index is 13.6. The van der Waals surface area contributed by atoms with Gasteiger partial charge in [0.2, 0.25) is 0 Å². The van der Waals surface area contributed by atoms with E-state index in [-0.39, 0.29) is 0 Å². The van der Waals surface area contributed by atoms with E-state index in [0.717, 1.165) is 12.1 Å². The summed E-state index contributed by atoms with van der Waals surface area (Å²) in [5.41, 5.74) is -20.7. The molecular weight excluding hydrogens is 580 g/mol. The molecule has 0 saturated carbocycles.